The molecule has 126 valence electrons. The zero-order chi connectivity index (χ0) is 18.1. The molecule has 4 rings (SSSR count). The van der Waals surface area contributed by atoms with Crippen molar-refractivity contribution in [2.24, 2.45) is 0 Å². The van der Waals surface area contributed by atoms with Crippen LogP contribution in [0, 0.1) is 18.3 Å². The molecule has 3 heterocycles. The van der Waals surface area contributed by atoms with Crippen molar-refractivity contribution in [2.75, 3.05) is 11.1 Å². The molecule has 0 spiro atoms. The Kier molecular flexibility index (Phi) is 3.75. The second-order valence-corrected chi connectivity index (χ2v) is 5.88. The van der Waals surface area contributed by atoms with Crippen molar-refractivity contribution in [3.8, 4) is 17.3 Å². The molecule has 0 aliphatic carbocycles. The number of nitrogens with one attached hydrogen (secondary N) is 1. The fourth-order valence-electron chi connectivity index (χ4n) is 2.88. The minimum absolute atomic E-state index is 0.266. The van der Waals surface area contributed by atoms with Crippen molar-refractivity contribution in [2.45, 2.75) is 6.92 Å². The summed E-state index contributed by atoms with van der Waals surface area (Å²) in [5, 5.41) is 13.1. The number of fused-ring (bicyclic) bond motifs is 1. The van der Waals surface area contributed by atoms with Gasteiger partial charge in [-0.05, 0) is 43.3 Å². The molecule has 0 atom stereocenters. The number of nitrogen functional groups attached to an aromatic ring is 1. The standard InChI is InChI=1S/C20H15N5O/c1-12-9-14(5-7-23-12)17-19-16(6-8-24-17)18(20(22)26-19)25-15-4-2-3-13(10-15)11-21/h2-10,25H,22H2,1H3. The van der Waals surface area contributed by atoms with Crippen LogP contribution in [-0.2, 0) is 0 Å². The molecule has 3 aromatic heterocycles. The van der Waals surface area contributed by atoms with Crippen molar-refractivity contribution < 1.29 is 4.42 Å². The first-order valence-corrected chi connectivity index (χ1v) is 8.03. The molecular formula is C20H15N5O. The Balaban J connectivity index is 1.83. The van der Waals surface area contributed by atoms with Crippen LogP contribution in [0.2, 0.25) is 0 Å². The van der Waals surface area contributed by atoms with Gasteiger partial charge >= 0.3 is 0 Å². The van der Waals surface area contributed by atoms with Gasteiger partial charge in [0.25, 0.3) is 0 Å². The molecule has 0 radical (unpaired) electrons. The maximum Gasteiger partial charge on any atom is 0.215 e. The van der Waals surface area contributed by atoms with Gasteiger partial charge in [0.2, 0.25) is 5.88 Å². The summed E-state index contributed by atoms with van der Waals surface area (Å²) in [5.41, 5.74) is 11.2. The molecule has 0 amide bonds. The van der Waals surface area contributed by atoms with Gasteiger partial charge in [-0.25, -0.2) is 0 Å². The molecule has 0 saturated heterocycles. The second kappa shape index (κ2) is 6.22. The average Bonchev–Trinajstić information content (AvgIpc) is 2.97. The summed E-state index contributed by atoms with van der Waals surface area (Å²) >= 11 is 0. The lowest BCUT2D eigenvalue weighted by atomic mass is 10.1. The normalized spacial score (nSPS) is 10.6. The van der Waals surface area contributed by atoms with Gasteiger partial charge in [0.15, 0.2) is 5.58 Å². The van der Waals surface area contributed by atoms with E-state index in [4.69, 9.17) is 15.4 Å². The molecule has 0 saturated carbocycles. The molecule has 0 bridgehead atoms. The highest BCUT2D eigenvalue weighted by atomic mass is 16.3. The fourth-order valence-corrected chi connectivity index (χ4v) is 2.88. The summed E-state index contributed by atoms with van der Waals surface area (Å²) in [7, 11) is 0. The Morgan fingerprint density at radius 2 is 1.96 bits per heavy atom. The summed E-state index contributed by atoms with van der Waals surface area (Å²) in [6.45, 7) is 1.93. The van der Waals surface area contributed by atoms with Crippen LogP contribution in [0.1, 0.15) is 11.3 Å². The van der Waals surface area contributed by atoms with E-state index in [1.54, 1.807) is 24.5 Å². The van der Waals surface area contributed by atoms with Crippen molar-refractivity contribution in [1.29, 1.82) is 5.26 Å². The first kappa shape index (κ1) is 15.7. The number of nitriles is 1. The molecule has 0 aliphatic rings. The topological polar surface area (TPSA) is 101 Å². The van der Waals surface area contributed by atoms with Crippen LogP contribution in [-0.4, -0.2) is 9.97 Å². The molecule has 0 unspecified atom stereocenters. The van der Waals surface area contributed by atoms with E-state index in [2.05, 4.69) is 21.4 Å². The minimum Gasteiger partial charge on any atom is -0.436 e. The number of aromatic nitrogens is 2. The summed E-state index contributed by atoms with van der Waals surface area (Å²) in [5.74, 6) is 0.266. The van der Waals surface area contributed by atoms with Crippen molar-refractivity contribution in [3.63, 3.8) is 0 Å². The minimum atomic E-state index is 0.266. The summed E-state index contributed by atoms with van der Waals surface area (Å²) in [4.78, 5) is 8.68. The number of pyridine rings is 2. The lowest BCUT2D eigenvalue weighted by Crippen LogP contribution is -1.94. The lowest BCUT2D eigenvalue weighted by molar-refractivity contribution is 0.638. The van der Waals surface area contributed by atoms with Gasteiger partial charge in [0.05, 0.1) is 17.0 Å². The zero-order valence-corrected chi connectivity index (χ0v) is 14.0. The number of nitrogens with zero attached hydrogens (tertiary/aromatic N) is 3. The highest BCUT2D eigenvalue weighted by Crippen LogP contribution is 2.39. The van der Waals surface area contributed by atoms with Crippen LogP contribution in [0.15, 0.2) is 59.3 Å². The third-order valence-corrected chi connectivity index (χ3v) is 4.06. The number of anilines is 3. The summed E-state index contributed by atoms with van der Waals surface area (Å²) in [6.07, 6.45) is 3.46. The third-order valence-electron chi connectivity index (χ3n) is 4.06. The Morgan fingerprint density at radius 3 is 2.77 bits per heavy atom. The SMILES string of the molecule is Cc1cc(-c2nccc3c(Nc4cccc(C#N)c4)c(N)oc23)ccn1. The summed E-state index contributed by atoms with van der Waals surface area (Å²) in [6, 6.07) is 15.0. The molecule has 4 aromatic rings. The molecule has 26 heavy (non-hydrogen) atoms. The number of nitrogens with two attached hydrogens (primary N) is 1. The molecule has 1 aromatic carbocycles. The van der Waals surface area contributed by atoms with E-state index in [1.165, 1.54) is 0 Å². The zero-order valence-electron chi connectivity index (χ0n) is 14.0. The predicted octanol–water partition coefficient (Wildman–Crippen LogP) is 4.40. The Hall–Kier alpha value is -3.85. The van der Waals surface area contributed by atoms with Crippen LogP contribution in [0.25, 0.3) is 22.2 Å². The van der Waals surface area contributed by atoms with Gasteiger partial charge in [-0.3, -0.25) is 9.97 Å². The van der Waals surface area contributed by atoms with E-state index < -0.39 is 0 Å². The largest absolute Gasteiger partial charge is 0.436 e. The molecule has 6 heteroatoms. The highest BCUT2D eigenvalue weighted by Gasteiger charge is 2.17. The van der Waals surface area contributed by atoms with Crippen molar-refractivity contribution in [3.05, 3.63) is 66.1 Å². The van der Waals surface area contributed by atoms with Crippen LogP contribution < -0.4 is 11.1 Å². The van der Waals surface area contributed by atoms with Crippen LogP contribution >= 0.6 is 0 Å². The number of rotatable bonds is 3. The van der Waals surface area contributed by atoms with Gasteiger partial charge in [-0.15, -0.1) is 0 Å². The molecule has 6 nitrogen and oxygen atoms in total. The van der Waals surface area contributed by atoms with Gasteiger partial charge in [-0.2, -0.15) is 5.26 Å². The number of aryl methyl sites for hydroxylation is 1. The van der Waals surface area contributed by atoms with Crippen LogP contribution in [0.4, 0.5) is 17.3 Å². The van der Waals surface area contributed by atoms with Gasteiger partial charge < -0.3 is 15.5 Å². The van der Waals surface area contributed by atoms with Crippen LogP contribution in [0.3, 0.4) is 0 Å². The fraction of sp³-hybridized carbons (Fsp3) is 0.0500. The van der Waals surface area contributed by atoms with E-state index in [9.17, 15) is 0 Å². The second-order valence-electron chi connectivity index (χ2n) is 5.88. The van der Waals surface area contributed by atoms with Crippen molar-refractivity contribution >= 4 is 28.2 Å². The number of hydrogen-bond acceptors (Lipinski definition) is 6. The van der Waals surface area contributed by atoms with Gasteiger partial charge in [-0.1, -0.05) is 6.07 Å². The predicted molar refractivity (Wildman–Crippen MR) is 101 cm³/mol. The Labute approximate surface area is 149 Å². The van der Waals surface area contributed by atoms with Crippen molar-refractivity contribution in [1.82, 2.24) is 9.97 Å². The van der Waals surface area contributed by atoms with E-state index in [1.807, 2.05) is 37.3 Å². The monoisotopic (exact) mass is 341 g/mol. The van der Waals surface area contributed by atoms with E-state index >= 15 is 0 Å². The smallest absolute Gasteiger partial charge is 0.215 e. The maximum absolute atomic E-state index is 9.06. The van der Waals surface area contributed by atoms with E-state index in [0.29, 0.717) is 22.5 Å². The highest BCUT2D eigenvalue weighted by molar-refractivity contribution is 6.03. The average molecular weight is 341 g/mol. The lowest BCUT2D eigenvalue weighted by Gasteiger charge is -2.06. The maximum atomic E-state index is 9.06. The molecule has 0 aliphatic heterocycles. The number of hydrogen-bond donors (Lipinski definition) is 2. The Bertz CT molecular complexity index is 1160. The number of benzene rings is 1. The van der Waals surface area contributed by atoms with Gasteiger partial charge in [0.1, 0.15) is 11.4 Å². The number of furan rings is 1. The van der Waals surface area contributed by atoms with Gasteiger partial charge in [0, 0.05) is 29.3 Å². The molecule has 3 N–H and O–H groups in total. The molecular weight excluding hydrogens is 326 g/mol. The first-order chi connectivity index (χ1) is 12.7. The first-order valence-electron chi connectivity index (χ1n) is 8.03. The van der Waals surface area contributed by atoms with Crippen LogP contribution in [0.5, 0.6) is 0 Å². The molecule has 0 fully saturated rings. The van der Waals surface area contributed by atoms with E-state index in [-0.39, 0.29) is 5.88 Å². The third kappa shape index (κ3) is 2.72. The Morgan fingerprint density at radius 1 is 1.12 bits per heavy atom. The van der Waals surface area contributed by atoms with E-state index in [0.717, 1.165) is 22.3 Å². The summed E-state index contributed by atoms with van der Waals surface area (Å²) < 4.78 is 5.82. The quantitative estimate of drug-likeness (QED) is 0.573.